The van der Waals surface area contributed by atoms with Gasteiger partial charge in [-0.25, -0.2) is 4.98 Å². The second kappa shape index (κ2) is 4.67. The van der Waals surface area contributed by atoms with E-state index in [4.69, 9.17) is 14.0 Å². The Balaban J connectivity index is 1.57. The molecule has 0 spiro atoms. The summed E-state index contributed by atoms with van der Waals surface area (Å²) in [6.07, 6.45) is 2.24. The molecule has 118 valence electrons. The number of anilines is 1. The van der Waals surface area contributed by atoms with Crippen molar-refractivity contribution in [1.82, 2.24) is 10.1 Å². The molecule has 2 fully saturated rings. The van der Waals surface area contributed by atoms with Crippen LogP contribution in [-0.4, -0.2) is 34.2 Å². The quantitative estimate of drug-likeness (QED) is 0.920. The van der Waals surface area contributed by atoms with E-state index in [0.717, 1.165) is 35.3 Å². The topological polar surface area (TPSA) is 69.4 Å². The molecule has 6 heteroatoms. The number of ether oxygens (including phenoxy) is 2. The Morgan fingerprint density at radius 3 is 2.55 bits per heavy atom. The van der Waals surface area contributed by atoms with Gasteiger partial charge in [-0.2, -0.15) is 0 Å². The molecule has 1 aliphatic carbocycles. The number of hydrogen-bond donors (Lipinski definition) is 1. The maximum Gasteiger partial charge on any atom is 0.260 e. The Morgan fingerprint density at radius 1 is 1.18 bits per heavy atom. The number of nitrogens with one attached hydrogen (secondary N) is 1. The first-order chi connectivity index (χ1) is 10.4. The fourth-order valence-electron chi connectivity index (χ4n) is 3.63. The predicted octanol–water partition coefficient (Wildman–Crippen LogP) is 2.93. The van der Waals surface area contributed by atoms with Crippen molar-refractivity contribution in [3.8, 4) is 0 Å². The molecular weight excluding hydrogens is 282 g/mol. The Labute approximate surface area is 129 Å². The third-order valence-corrected chi connectivity index (χ3v) is 4.42. The smallest absolute Gasteiger partial charge is 0.260 e. The Bertz CT molecular complexity index is 709. The average molecular weight is 303 g/mol. The van der Waals surface area contributed by atoms with Crippen LogP contribution in [0.15, 0.2) is 10.6 Å². The van der Waals surface area contributed by atoms with Crippen molar-refractivity contribution >= 4 is 16.8 Å². The van der Waals surface area contributed by atoms with Gasteiger partial charge in [0.25, 0.3) is 5.71 Å². The van der Waals surface area contributed by atoms with Crippen LogP contribution >= 0.6 is 0 Å². The molecule has 6 nitrogen and oxygen atoms in total. The number of hydrogen-bond acceptors (Lipinski definition) is 6. The van der Waals surface area contributed by atoms with Crippen molar-refractivity contribution in [1.29, 1.82) is 0 Å². The highest BCUT2D eigenvalue weighted by Crippen LogP contribution is 2.39. The van der Waals surface area contributed by atoms with E-state index in [1.165, 1.54) is 0 Å². The largest absolute Gasteiger partial charge is 0.381 e. The van der Waals surface area contributed by atoms with Crippen LogP contribution in [0.1, 0.15) is 38.1 Å². The van der Waals surface area contributed by atoms with Crippen molar-refractivity contribution in [2.75, 3.05) is 5.32 Å². The van der Waals surface area contributed by atoms with E-state index >= 15 is 0 Å². The Kier molecular flexibility index (Phi) is 2.96. The predicted molar refractivity (Wildman–Crippen MR) is 81.7 cm³/mol. The zero-order valence-corrected chi connectivity index (χ0v) is 13.3. The molecule has 0 radical (unpaired) electrons. The van der Waals surface area contributed by atoms with Gasteiger partial charge >= 0.3 is 0 Å². The molecule has 0 aromatic carbocycles. The Hall–Kier alpha value is -1.66. The lowest BCUT2D eigenvalue weighted by Crippen LogP contribution is -2.26. The highest BCUT2D eigenvalue weighted by Gasteiger charge is 2.47. The van der Waals surface area contributed by atoms with Crippen molar-refractivity contribution in [2.24, 2.45) is 0 Å². The highest BCUT2D eigenvalue weighted by molar-refractivity contribution is 5.90. The molecule has 3 heterocycles. The fourth-order valence-corrected chi connectivity index (χ4v) is 3.63. The van der Waals surface area contributed by atoms with Crippen molar-refractivity contribution < 1.29 is 14.0 Å². The summed E-state index contributed by atoms with van der Waals surface area (Å²) in [7, 11) is 0. The molecule has 1 unspecified atom stereocenters. The highest BCUT2D eigenvalue weighted by atomic mass is 16.8. The van der Waals surface area contributed by atoms with Crippen LogP contribution in [0.2, 0.25) is 0 Å². The number of pyridine rings is 1. The van der Waals surface area contributed by atoms with Crippen LogP contribution in [-0.2, 0) is 9.47 Å². The first kappa shape index (κ1) is 14.0. The van der Waals surface area contributed by atoms with Gasteiger partial charge < -0.3 is 19.3 Å². The zero-order chi connectivity index (χ0) is 15.5. The SMILES string of the molecule is Cc1cc(NC2C[C@@H]3OC(C)(C)O[C@@H]3C2)c2c(C)noc2n1. The van der Waals surface area contributed by atoms with E-state index in [1.807, 2.05) is 33.8 Å². The van der Waals surface area contributed by atoms with Gasteiger partial charge in [0, 0.05) is 11.7 Å². The van der Waals surface area contributed by atoms with Gasteiger partial charge in [0.2, 0.25) is 0 Å². The lowest BCUT2D eigenvalue weighted by molar-refractivity contribution is -0.151. The number of fused-ring (bicyclic) bond motifs is 2. The molecule has 2 aliphatic rings. The summed E-state index contributed by atoms with van der Waals surface area (Å²) in [4.78, 5) is 4.39. The molecule has 1 N–H and O–H groups in total. The van der Waals surface area contributed by atoms with Crippen LogP contribution in [0.5, 0.6) is 0 Å². The van der Waals surface area contributed by atoms with Gasteiger partial charge in [-0.3, -0.25) is 0 Å². The van der Waals surface area contributed by atoms with E-state index in [9.17, 15) is 0 Å². The summed E-state index contributed by atoms with van der Waals surface area (Å²) in [5, 5.41) is 8.59. The summed E-state index contributed by atoms with van der Waals surface area (Å²) in [6, 6.07) is 2.37. The van der Waals surface area contributed by atoms with Crippen molar-refractivity contribution in [3.63, 3.8) is 0 Å². The van der Waals surface area contributed by atoms with Gasteiger partial charge in [0.1, 0.15) is 0 Å². The summed E-state index contributed by atoms with van der Waals surface area (Å²) < 4.78 is 17.2. The van der Waals surface area contributed by atoms with Crippen molar-refractivity contribution in [3.05, 3.63) is 17.5 Å². The standard InChI is InChI=1S/C16H21N3O3/c1-8-5-11(14-9(2)19-22-15(14)17-8)18-10-6-12-13(7-10)21-16(3,4)20-12/h5,10,12-13H,6-7H2,1-4H3,(H,17,18)/t10?,12-,13+. The van der Waals surface area contributed by atoms with E-state index in [1.54, 1.807) is 0 Å². The van der Waals surface area contributed by atoms with Crippen LogP contribution in [0, 0.1) is 13.8 Å². The van der Waals surface area contributed by atoms with E-state index in [-0.39, 0.29) is 12.2 Å². The molecule has 3 atom stereocenters. The fraction of sp³-hybridized carbons (Fsp3) is 0.625. The first-order valence-corrected chi connectivity index (χ1v) is 7.77. The molecule has 2 aromatic rings. The van der Waals surface area contributed by atoms with Crippen molar-refractivity contribution in [2.45, 2.75) is 64.6 Å². The van der Waals surface area contributed by atoms with Gasteiger partial charge in [-0.1, -0.05) is 5.16 Å². The molecule has 1 saturated carbocycles. The average Bonchev–Trinajstić information content (AvgIpc) is 3.00. The minimum atomic E-state index is -0.452. The zero-order valence-electron chi connectivity index (χ0n) is 13.3. The maximum atomic E-state index is 5.96. The lowest BCUT2D eigenvalue weighted by atomic mass is 10.1. The maximum absolute atomic E-state index is 5.96. The minimum Gasteiger partial charge on any atom is -0.381 e. The van der Waals surface area contributed by atoms with E-state index in [0.29, 0.717) is 11.8 Å². The minimum absolute atomic E-state index is 0.175. The van der Waals surface area contributed by atoms with Gasteiger partial charge in [-0.15, -0.1) is 0 Å². The molecule has 0 bridgehead atoms. The lowest BCUT2D eigenvalue weighted by Gasteiger charge is -2.21. The summed E-state index contributed by atoms with van der Waals surface area (Å²) in [5.74, 6) is -0.452. The first-order valence-electron chi connectivity index (χ1n) is 7.77. The number of aromatic nitrogens is 2. The number of rotatable bonds is 2. The molecule has 22 heavy (non-hydrogen) atoms. The molecule has 2 aromatic heterocycles. The van der Waals surface area contributed by atoms with Gasteiger partial charge in [0.15, 0.2) is 5.79 Å². The second-order valence-electron chi connectivity index (χ2n) is 6.78. The number of nitrogens with zero attached hydrogens (tertiary/aromatic N) is 2. The summed E-state index contributed by atoms with van der Waals surface area (Å²) >= 11 is 0. The normalized spacial score (nSPS) is 29.9. The third-order valence-electron chi connectivity index (χ3n) is 4.42. The molecule has 4 rings (SSSR count). The van der Waals surface area contributed by atoms with E-state index < -0.39 is 5.79 Å². The van der Waals surface area contributed by atoms with Crippen LogP contribution in [0.4, 0.5) is 5.69 Å². The van der Waals surface area contributed by atoms with Crippen LogP contribution < -0.4 is 5.32 Å². The van der Waals surface area contributed by atoms with Crippen LogP contribution in [0.25, 0.3) is 11.1 Å². The van der Waals surface area contributed by atoms with E-state index in [2.05, 4.69) is 15.5 Å². The van der Waals surface area contributed by atoms with Crippen LogP contribution in [0.3, 0.4) is 0 Å². The van der Waals surface area contributed by atoms with Gasteiger partial charge in [-0.05, 0) is 46.6 Å². The number of aryl methyl sites for hydroxylation is 2. The molecule has 1 saturated heterocycles. The third kappa shape index (κ3) is 2.27. The summed E-state index contributed by atoms with van der Waals surface area (Å²) in [6.45, 7) is 7.85. The second-order valence-corrected chi connectivity index (χ2v) is 6.78. The summed E-state index contributed by atoms with van der Waals surface area (Å²) in [5.41, 5.74) is 3.40. The molecule has 0 amide bonds. The molecular formula is C16H21N3O3. The van der Waals surface area contributed by atoms with Gasteiger partial charge in [0.05, 0.1) is 29.0 Å². The molecule has 1 aliphatic heterocycles. The Morgan fingerprint density at radius 2 is 1.86 bits per heavy atom. The monoisotopic (exact) mass is 303 g/mol.